The summed E-state index contributed by atoms with van der Waals surface area (Å²) in [4.78, 5) is 0. The van der Waals surface area contributed by atoms with Gasteiger partial charge in [-0.15, -0.1) is 0 Å². The second-order valence-electron chi connectivity index (χ2n) is 8.26. The maximum atomic E-state index is 2.50. The zero-order valence-electron chi connectivity index (χ0n) is 11.5. The Kier molecular flexibility index (Phi) is 2.31. The monoisotopic (exact) mass is 208 g/mol. The molecule has 0 radical (unpaired) electrons. The molecule has 0 bridgehead atoms. The van der Waals surface area contributed by atoms with Crippen LogP contribution in [0.2, 0.25) is 0 Å². The van der Waals surface area contributed by atoms with Crippen LogP contribution in [0.3, 0.4) is 0 Å². The summed E-state index contributed by atoms with van der Waals surface area (Å²) in [5.74, 6) is 1.94. The van der Waals surface area contributed by atoms with Crippen molar-refractivity contribution in [3.8, 4) is 0 Å². The first-order chi connectivity index (χ1) is 6.64. The highest BCUT2D eigenvalue weighted by molar-refractivity contribution is 5.03. The van der Waals surface area contributed by atoms with Crippen molar-refractivity contribution in [1.29, 1.82) is 0 Å². The normalized spacial score (nSPS) is 41.2. The third-order valence-electron chi connectivity index (χ3n) is 5.45. The van der Waals surface area contributed by atoms with Crippen molar-refractivity contribution < 1.29 is 0 Å². The van der Waals surface area contributed by atoms with Gasteiger partial charge in [0.15, 0.2) is 0 Å². The minimum absolute atomic E-state index is 0.591. The van der Waals surface area contributed by atoms with Crippen molar-refractivity contribution in [2.24, 2.45) is 28.1 Å². The molecule has 0 spiro atoms. The molecule has 0 heteroatoms. The summed E-state index contributed by atoms with van der Waals surface area (Å²) in [6.45, 7) is 14.9. The topological polar surface area (TPSA) is 0 Å². The van der Waals surface area contributed by atoms with Gasteiger partial charge in [-0.3, -0.25) is 0 Å². The zero-order valence-corrected chi connectivity index (χ0v) is 11.5. The van der Waals surface area contributed by atoms with E-state index in [2.05, 4.69) is 41.5 Å². The van der Waals surface area contributed by atoms with Crippen LogP contribution >= 0.6 is 0 Å². The van der Waals surface area contributed by atoms with E-state index in [-0.39, 0.29) is 0 Å². The average Bonchev–Trinajstić information content (AvgIpc) is 2.38. The fourth-order valence-electron chi connectivity index (χ4n) is 4.22. The maximum Gasteiger partial charge on any atom is -0.0323 e. The molecule has 2 rings (SSSR count). The molecule has 0 N–H and O–H groups in total. The first-order valence-electron chi connectivity index (χ1n) is 6.64. The molecule has 0 aromatic rings. The van der Waals surface area contributed by atoms with E-state index in [9.17, 15) is 0 Å². The standard InChI is InChI=1S/C15H28/c1-13(2)9-11-12(10-13)15(5,6)8-7-14(11,3)4/h11-12H,7-10H2,1-6H3. The quantitative estimate of drug-likeness (QED) is 0.532. The first-order valence-corrected chi connectivity index (χ1v) is 6.64. The van der Waals surface area contributed by atoms with Gasteiger partial charge >= 0.3 is 0 Å². The Balaban J connectivity index is 2.30. The van der Waals surface area contributed by atoms with E-state index in [4.69, 9.17) is 0 Å². The summed E-state index contributed by atoms with van der Waals surface area (Å²) in [7, 11) is 0. The summed E-state index contributed by atoms with van der Waals surface area (Å²) >= 11 is 0. The minimum Gasteiger partial charge on any atom is -0.0599 e. The lowest BCUT2D eigenvalue weighted by Gasteiger charge is -2.49. The van der Waals surface area contributed by atoms with Gasteiger partial charge in [-0.05, 0) is 53.8 Å². The first kappa shape index (κ1) is 11.5. The predicted octanol–water partition coefficient (Wildman–Crippen LogP) is 4.89. The van der Waals surface area contributed by atoms with Gasteiger partial charge in [-0.2, -0.15) is 0 Å². The SMILES string of the molecule is CC1(C)CC2C(C1)C(C)(C)CCC2(C)C. The lowest BCUT2D eigenvalue weighted by atomic mass is 9.56. The van der Waals surface area contributed by atoms with E-state index in [1.54, 1.807) is 0 Å². The lowest BCUT2D eigenvalue weighted by Crippen LogP contribution is -2.41. The van der Waals surface area contributed by atoms with Gasteiger partial charge in [0, 0.05) is 0 Å². The van der Waals surface area contributed by atoms with Crippen LogP contribution in [0.1, 0.15) is 67.2 Å². The van der Waals surface area contributed by atoms with Crippen LogP contribution in [0.5, 0.6) is 0 Å². The number of hydrogen-bond acceptors (Lipinski definition) is 0. The summed E-state index contributed by atoms with van der Waals surface area (Å²) in [5, 5.41) is 0. The van der Waals surface area contributed by atoms with Gasteiger partial charge in [-0.25, -0.2) is 0 Å². The van der Waals surface area contributed by atoms with Crippen molar-refractivity contribution in [2.75, 3.05) is 0 Å². The van der Waals surface area contributed by atoms with Crippen LogP contribution in [0.4, 0.5) is 0 Å². The number of rotatable bonds is 0. The number of hydrogen-bond donors (Lipinski definition) is 0. The largest absolute Gasteiger partial charge is 0.0599 e. The molecule has 2 unspecified atom stereocenters. The molecule has 2 atom stereocenters. The Morgan fingerprint density at radius 3 is 1.33 bits per heavy atom. The van der Waals surface area contributed by atoms with Gasteiger partial charge in [-0.1, -0.05) is 41.5 Å². The van der Waals surface area contributed by atoms with Crippen molar-refractivity contribution >= 4 is 0 Å². The molecule has 0 aromatic carbocycles. The Labute approximate surface area is 95.8 Å². The zero-order chi connectivity index (χ0) is 11.5. The molecule has 0 nitrogen and oxygen atoms in total. The average molecular weight is 208 g/mol. The van der Waals surface area contributed by atoms with Gasteiger partial charge in [0.1, 0.15) is 0 Å². The Morgan fingerprint density at radius 1 is 0.667 bits per heavy atom. The van der Waals surface area contributed by atoms with E-state index in [0.29, 0.717) is 16.2 Å². The summed E-state index contributed by atoms with van der Waals surface area (Å²) in [6.07, 6.45) is 5.76. The third kappa shape index (κ3) is 1.85. The molecule has 0 amide bonds. The van der Waals surface area contributed by atoms with E-state index < -0.39 is 0 Å². The molecule has 0 saturated heterocycles. The van der Waals surface area contributed by atoms with E-state index in [1.807, 2.05) is 0 Å². The van der Waals surface area contributed by atoms with Crippen molar-refractivity contribution in [3.05, 3.63) is 0 Å². The highest BCUT2D eigenvalue weighted by atomic mass is 14.6. The van der Waals surface area contributed by atoms with Crippen LogP contribution < -0.4 is 0 Å². The molecular formula is C15H28. The van der Waals surface area contributed by atoms with Gasteiger partial charge in [0.05, 0.1) is 0 Å². The third-order valence-corrected chi connectivity index (χ3v) is 5.45. The van der Waals surface area contributed by atoms with Crippen molar-refractivity contribution in [1.82, 2.24) is 0 Å². The van der Waals surface area contributed by atoms with E-state index in [0.717, 1.165) is 11.8 Å². The fraction of sp³-hybridized carbons (Fsp3) is 1.00. The molecule has 0 aromatic heterocycles. The highest BCUT2D eigenvalue weighted by Crippen LogP contribution is 2.63. The van der Waals surface area contributed by atoms with Crippen LogP contribution in [0, 0.1) is 28.1 Å². The Hall–Kier alpha value is 0. The molecule has 2 saturated carbocycles. The molecule has 15 heavy (non-hydrogen) atoms. The van der Waals surface area contributed by atoms with Crippen LogP contribution in [-0.4, -0.2) is 0 Å². The van der Waals surface area contributed by atoms with Gasteiger partial charge in [0.2, 0.25) is 0 Å². The second kappa shape index (κ2) is 3.02. The van der Waals surface area contributed by atoms with E-state index in [1.165, 1.54) is 25.7 Å². The summed E-state index contributed by atoms with van der Waals surface area (Å²) in [5.41, 5.74) is 1.77. The molecule has 0 heterocycles. The van der Waals surface area contributed by atoms with E-state index >= 15 is 0 Å². The molecular weight excluding hydrogens is 180 g/mol. The molecule has 2 fully saturated rings. The maximum absolute atomic E-state index is 2.50. The van der Waals surface area contributed by atoms with Gasteiger partial charge in [0.25, 0.3) is 0 Å². The number of fused-ring (bicyclic) bond motifs is 1. The second-order valence-corrected chi connectivity index (χ2v) is 8.26. The summed E-state index contributed by atoms with van der Waals surface area (Å²) in [6, 6.07) is 0. The molecule has 0 aliphatic heterocycles. The fourth-order valence-corrected chi connectivity index (χ4v) is 4.22. The van der Waals surface area contributed by atoms with Crippen LogP contribution in [-0.2, 0) is 0 Å². The van der Waals surface area contributed by atoms with Crippen LogP contribution in [0.25, 0.3) is 0 Å². The van der Waals surface area contributed by atoms with Crippen molar-refractivity contribution in [3.63, 3.8) is 0 Å². The van der Waals surface area contributed by atoms with Crippen LogP contribution in [0.15, 0.2) is 0 Å². The Bertz CT molecular complexity index is 231. The smallest absolute Gasteiger partial charge is 0.0323 e. The van der Waals surface area contributed by atoms with Crippen molar-refractivity contribution in [2.45, 2.75) is 67.2 Å². The summed E-state index contributed by atoms with van der Waals surface area (Å²) < 4.78 is 0. The highest BCUT2D eigenvalue weighted by Gasteiger charge is 2.54. The van der Waals surface area contributed by atoms with Gasteiger partial charge < -0.3 is 0 Å². The predicted molar refractivity (Wildman–Crippen MR) is 66.8 cm³/mol. The molecule has 2 aliphatic rings. The molecule has 2 aliphatic carbocycles. The molecule has 88 valence electrons. The Morgan fingerprint density at radius 2 is 1.00 bits per heavy atom. The lowest BCUT2D eigenvalue weighted by molar-refractivity contribution is 0.00181. The minimum atomic E-state index is 0.591.